The third-order valence-corrected chi connectivity index (χ3v) is 2.21. The van der Waals surface area contributed by atoms with Crippen LogP contribution in [0.5, 0.6) is 0 Å². The normalized spacial score (nSPS) is 32.6. The summed E-state index contributed by atoms with van der Waals surface area (Å²) in [5.41, 5.74) is 0. The first kappa shape index (κ1) is 8.51. The molecular formula is C8H14N2O. The first-order chi connectivity index (χ1) is 5.15. The van der Waals surface area contributed by atoms with E-state index in [1.165, 1.54) is 0 Å². The Balaban J connectivity index is 2.51. The molecule has 1 N–H and O–H groups in total. The highest BCUT2D eigenvalue weighted by Gasteiger charge is 2.32. The van der Waals surface area contributed by atoms with Crippen LogP contribution in [0.25, 0.3) is 0 Å². The summed E-state index contributed by atoms with van der Waals surface area (Å²) < 4.78 is 0. The average Bonchev–Trinajstić information content (AvgIpc) is 2.31. The monoisotopic (exact) mass is 154 g/mol. The largest absolute Gasteiger partial charge is 0.390 e. The predicted molar refractivity (Wildman–Crippen MR) is 41.8 cm³/mol. The van der Waals surface area contributed by atoms with Crippen molar-refractivity contribution in [1.29, 1.82) is 5.26 Å². The van der Waals surface area contributed by atoms with Gasteiger partial charge in [0.05, 0.1) is 18.1 Å². The standard InChI is InChI=1S/C8H14N2O/c1-6(2)10-4-7(3-9)8(11)5-10/h6-8,11H,4-5H2,1-2H3. The Kier molecular flexibility index (Phi) is 2.48. The average molecular weight is 154 g/mol. The lowest BCUT2D eigenvalue weighted by Gasteiger charge is -2.18. The van der Waals surface area contributed by atoms with Gasteiger partial charge in [-0.25, -0.2) is 0 Å². The molecule has 2 atom stereocenters. The van der Waals surface area contributed by atoms with Crippen LogP contribution in [0.2, 0.25) is 0 Å². The summed E-state index contributed by atoms with van der Waals surface area (Å²) in [5.74, 6) is -0.183. The molecule has 2 unspecified atom stereocenters. The maximum Gasteiger partial charge on any atom is 0.0862 e. The third-order valence-electron chi connectivity index (χ3n) is 2.21. The smallest absolute Gasteiger partial charge is 0.0862 e. The van der Waals surface area contributed by atoms with E-state index < -0.39 is 6.10 Å². The lowest BCUT2D eigenvalue weighted by Crippen LogP contribution is -2.29. The summed E-state index contributed by atoms with van der Waals surface area (Å²) in [7, 11) is 0. The summed E-state index contributed by atoms with van der Waals surface area (Å²) >= 11 is 0. The van der Waals surface area contributed by atoms with Crippen LogP contribution < -0.4 is 0 Å². The van der Waals surface area contributed by atoms with E-state index in [1.807, 2.05) is 0 Å². The molecule has 0 saturated carbocycles. The van der Waals surface area contributed by atoms with Crippen LogP contribution in [-0.2, 0) is 0 Å². The van der Waals surface area contributed by atoms with E-state index in [4.69, 9.17) is 5.26 Å². The number of hydrogen-bond donors (Lipinski definition) is 1. The van der Waals surface area contributed by atoms with Gasteiger partial charge in [0.15, 0.2) is 0 Å². The molecule has 1 aliphatic rings. The van der Waals surface area contributed by atoms with Gasteiger partial charge in [0.25, 0.3) is 0 Å². The summed E-state index contributed by atoms with van der Waals surface area (Å²) in [6.45, 7) is 5.52. The fraction of sp³-hybridized carbons (Fsp3) is 0.875. The molecule has 0 aromatic carbocycles. The Morgan fingerprint density at radius 1 is 1.55 bits per heavy atom. The molecule has 1 fully saturated rings. The Labute approximate surface area is 67.2 Å². The lowest BCUT2D eigenvalue weighted by molar-refractivity contribution is 0.153. The van der Waals surface area contributed by atoms with Crippen molar-refractivity contribution in [2.24, 2.45) is 5.92 Å². The number of aliphatic hydroxyl groups excluding tert-OH is 1. The van der Waals surface area contributed by atoms with Gasteiger partial charge < -0.3 is 5.11 Å². The van der Waals surface area contributed by atoms with Gasteiger partial charge >= 0.3 is 0 Å². The Bertz CT molecular complexity index is 173. The van der Waals surface area contributed by atoms with E-state index in [-0.39, 0.29) is 5.92 Å². The molecule has 0 aliphatic carbocycles. The first-order valence-electron chi connectivity index (χ1n) is 3.97. The lowest BCUT2D eigenvalue weighted by atomic mass is 10.1. The predicted octanol–water partition coefficient (Wildman–Crippen LogP) is 0.211. The second-order valence-electron chi connectivity index (χ2n) is 3.35. The molecule has 0 aromatic rings. The fourth-order valence-electron chi connectivity index (χ4n) is 1.36. The highest BCUT2D eigenvalue weighted by atomic mass is 16.3. The van der Waals surface area contributed by atoms with Crippen molar-refractivity contribution >= 4 is 0 Å². The number of nitrogens with zero attached hydrogens (tertiary/aromatic N) is 2. The van der Waals surface area contributed by atoms with E-state index >= 15 is 0 Å². The number of nitriles is 1. The number of likely N-dealkylation sites (tertiary alicyclic amines) is 1. The molecule has 1 aliphatic heterocycles. The molecule has 1 heterocycles. The van der Waals surface area contributed by atoms with Crippen molar-refractivity contribution in [1.82, 2.24) is 4.90 Å². The molecule has 3 heteroatoms. The van der Waals surface area contributed by atoms with Crippen molar-refractivity contribution in [3.05, 3.63) is 0 Å². The molecule has 3 nitrogen and oxygen atoms in total. The minimum atomic E-state index is -0.442. The maximum absolute atomic E-state index is 9.34. The van der Waals surface area contributed by atoms with Crippen LogP contribution in [0, 0.1) is 17.2 Å². The van der Waals surface area contributed by atoms with Gasteiger partial charge in [-0.3, -0.25) is 4.90 Å². The molecule has 1 rings (SSSR count). The fourth-order valence-corrected chi connectivity index (χ4v) is 1.36. The van der Waals surface area contributed by atoms with Crippen molar-refractivity contribution in [2.45, 2.75) is 26.0 Å². The molecule has 0 aromatic heterocycles. The minimum Gasteiger partial charge on any atom is -0.390 e. The SMILES string of the molecule is CC(C)N1CC(O)C(C#N)C1. The van der Waals surface area contributed by atoms with Gasteiger partial charge in [-0.2, -0.15) is 5.26 Å². The summed E-state index contributed by atoms with van der Waals surface area (Å²) in [6.07, 6.45) is -0.442. The molecular weight excluding hydrogens is 140 g/mol. The second-order valence-corrected chi connectivity index (χ2v) is 3.35. The minimum absolute atomic E-state index is 0.183. The molecule has 0 radical (unpaired) electrons. The van der Waals surface area contributed by atoms with Gasteiger partial charge in [-0.1, -0.05) is 0 Å². The molecule has 62 valence electrons. The van der Waals surface area contributed by atoms with Gasteiger partial charge in [-0.05, 0) is 13.8 Å². The van der Waals surface area contributed by atoms with E-state index in [0.717, 1.165) is 6.54 Å². The zero-order valence-corrected chi connectivity index (χ0v) is 6.99. The van der Waals surface area contributed by atoms with Gasteiger partial charge in [0, 0.05) is 19.1 Å². The Morgan fingerprint density at radius 3 is 2.45 bits per heavy atom. The number of hydrogen-bond acceptors (Lipinski definition) is 3. The van der Waals surface area contributed by atoms with Crippen molar-refractivity contribution in [2.75, 3.05) is 13.1 Å². The highest BCUT2D eigenvalue weighted by molar-refractivity contribution is 4.97. The van der Waals surface area contributed by atoms with Gasteiger partial charge in [0.1, 0.15) is 0 Å². The van der Waals surface area contributed by atoms with E-state index in [1.54, 1.807) is 0 Å². The van der Waals surface area contributed by atoms with E-state index in [9.17, 15) is 5.11 Å². The van der Waals surface area contributed by atoms with Crippen LogP contribution in [0.3, 0.4) is 0 Å². The summed E-state index contributed by atoms with van der Waals surface area (Å²) in [5, 5.41) is 17.9. The summed E-state index contributed by atoms with van der Waals surface area (Å²) in [6, 6.07) is 2.54. The molecule has 0 spiro atoms. The molecule has 11 heavy (non-hydrogen) atoms. The number of aliphatic hydroxyl groups is 1. The van der Waals surface area contributed by atoms with Crippen LogP contribution in [0.15, 0.2) is 0 Å². The van der Waals surface area contributed by atoms with Crippen molar-refractivity contribution < 1.29 is 5.11 Å². The summed E-state index contributed by atoms with van der Waals surface area (Å²) in [4.78, 5) is 2.12. The Hall–Kier alpha value is -0.590. The maximum atomic E-state index is 9.34. The second kappa shape index (κ2) is 3.21. The zero-order chi connectivity index (χ0) is 8.43. The highest BCUT2D eigenvalue weighted by Crippen LogP contribution is 2.17. The van der Waals surface area contributed by atoms with E-state index in [2.05, 4.69) is 24.8 Å². The van der Waals surface area contributed by atoms with E-state index in [0.29, 0.717) is 12.6 Å². The van der Waals surface area contributed by atoms with Crippen molar-refractivity contribution in [3.8, 4) is 6.07 Å². The van der Waals surface area contributed by atoms with Crippen LogP contribution >= 0.6 is 0 Å². The first-order valence-corrected chi connectivity index (χ1v) is 3.97. The van der Waals surface area contributed by atoms with Crippen LogP contribution in [-0.4, -0.2) is 35.2 Å². The zero-order valence-electron chi connectivity index (χ0n) is 6.99. The van der Waals surface area contributed by atoms with Crippen LogP contribution in [0.1, 0.15) is 13.8 Å². The third kappa shape index (κ3) is 1.70. The van der Waals surface area contributed by atoms with Gasteiger partial charge in [-0.15, -0.1) is 0 Å². The quantitative estimate of drug-likeness (QED) is 0.587. The number of rotatable bonds is 1. The number of β-amino-alcohol motifs (C(OH)–C–C–N with tert-alkyl or cyclic N) is 1. The topological polar surface area (TPSA) is 47.3 Å². The molecule has 0 amide bonds. The molecule has 0 bridgehead atoms. The van der Waals surface area contributed by atoms with Crippen LogP contribution in [0.4, 0.5) is 0 Å². The molecule has 1 saturated heterocycles. The Morgan fingerprint density at radius 2 is 2.18 bits per heavy atom. The van der Waals surface area contributed by atoms with Gasteiger partial charge in [0.2, 0.25) is 0 Å². The van der Waals surface area contributed by atoms with Crippen molar-refractivity contribution in [3.63, 3.8) is 0 Å².